The largest absolute Gasteiger partial charge is 0.480 e. The molecule has 6 nitrogen and oxygen atoms in total. The molecular formula is C13H23NO5. The fourth-order valence-corrected chi connectivity index (χ4v) is 2.95. The van der Waals surface area contributed by atoms with Gasteiger partial charge >= 0.3 is 5.97 Å². The van der Waals surface area contributed by atoms with Gasteiger partial charge in [0.2, 0.25) is 0 Å². The molecule has 1 spiro atoms. The summed E-state index contributed by atoms with van der Waals surface area (Å²) >= 11 is 0. The fourth-order valence-electron chi connectivity index (χ4n) is 2.95. The predicted molar refractivity (Wildman–Crippen MR) is 68.2 cm³/mol. The lowest BCUT2D eigenvalue weighted by Crippen LogP contribution is -2.51. The first-order valence-corrected chi connectivity index (χ1v) is 6.82. The van der Waals surface area contributed by atoms with Crippen LogP contribution >= 0.6 is 0 Å². The van der Waals surface area contributed by atoms with E-state index in [1.165, 1.54) is 0 Å². The van der Waals surface area contributed by atoms with Gasteiger partial charge in [0.1, 0.15) is 0 Å². The van der Waals surface area contributed by atoms with E-state index in [1.807, 2.05) is 4.90 Å². The van der Waals surface area contributed by atoms with Gasteiger partial charge in [-0.25, -0.2) is 0 Å². The van der Waals surface area contributed by atoms with Gasteiger partial charge < -0.3 is 19.3 Å². The van der Waals surface area contributed by atoms with Crippen LogP contribution in [0.2, 0.25) is 0 Å². The maximum Gasteiger partial charge on any atom is 0.317 e. The number of carboxylic acid groups (broad SMARTS) is 1. The van der Waals surface area contributed by atoms with Crippen LogP contribution in [0, 0.1) is 0 Å². The fraction of sp³-hybridized carbons (Fsp3) is 0.923. The van der Waals surface area contributed by atoms with E-state index in [-0.39, 0.29) is 18.2 Å². The van der Waals surface area contributed by atoms with E-state index < -0.39 is 5.97 Å². The van der Waals surface area contributed by atoms with Gasteiger partial charge in [-0.2, -0.15) is 0 Å². The third kappa shape index (κ3) is 3.89. The summed E-state index contributed by atoms with van der Waals surface area (Å²) in [7, 11) is 1.63. The highest BCUT2D eigenvalue weighted by molar-refractivity contribution is 5.69. The summed E-state index contributed by atoms with van der Waals surface area (Å²) < 4.78 is 16.4. The lowest BCUT2D eigenvalue weighted by Gasteiger charge is -2.41. The Balaban J connectivity index is 1.96. The molecule has 0 radical (unpaired) electrons. The smallest absolute Gasteiger partial charge is 0.317 e. The molecule has 6 heteroatoms. The number of nitrogens with zero attached hydrogens (tertiary/aromatic N) is 1. The molecule has 0 saturated carbocycles. The average Bonchev–Trinajstić information content (AvgIpc) is 2.82. The van der Waals surface area contributed by atoms with Crippen LogP contribution in [0.15, 0.2) is 0 Å². The average molecular weight is 273 g/mol. The molecule has 0 amide bonds. The van der Waals surface area contributed by atoms with E-state index >= 15 is 0 Å². The second-order valence-electron chi connectivity index (χ2n) is 5.34. The van der Waals surface area contributed by atoms with E-state index in [1.54, 1.807) is 7.11 Å². The van der Waals surface area contributed by atoms with Crippen molar-refractivity contribution in [3.63, 3.8) is 0 Å². The standard InChI is InChI=1S/C13H23NO5/c1-17-7-4-14(9-12(15)16)11-2-5-19-13(8-11)3-6-18-10-13/h11H,2-10H2,1H3,(H,15,16). The molecule has 2 fully saturated rings. The number of rotatable bonds is 6. The van der Waals surface area contributed by atoms with Crippen LogP contribution in [0.5, 0.6) is 0 Å². The number of hydrogen-bond acceptors (Lipinski definition) is 5. The first-order valence-electron chi connectivity index (χ1n) is 6.82. The molecule has 19 heavy (non-hydrogen) atoms. The van der Waals surface area contributed by atoms with E-state index in [0.29, 0.717) is 26.4 Å². The van der Waals surface area contributed by atoms with Crippen LogP contribution in [0.3, 0.4) is 0 Å². The molecule has 110 valence electrons. The molecule has 0 aromatic rings. The molecule has 0 bridgehead atoms. The van der Waals surface area contributed by atoms with Crippen LogP contribution < -0.4 is 0 Å². The highest BCUT2D eigenvalue weighted by Gasteiger charge is 2.42. The van der Waals surface area contributed by atoms with Crippen LogP contribution in [-0.2, 0) is 19.0 Å². The third-order valence-corrected chi connectivity index (χ3v) is 3.97. The highest BCUT2D eigenvalue weighted by Crippen LogP contribution is 2.34. The molecule has 2 aliphatic rings. The van der Waals surface area contributed by atoms with Crippen molar-refractivity contribution < 1.29 is 24.1 Å². The number of carbonyl (C=O) groups is 1. The Morgan fingerprint density at radius 3 is 3.00 bits per heavy atom. The highest BCUT2D eigenvalue weighted by atomic mass is 16.6. The van der Waals surface area contributed by atoms with E-state index in [4.69, 9.17) is 19.3 Å². The molecule has 2 unspecified atom stereocenters. The summed E-state index contributed by atoms with van der Waals surface area (Å²) in [4.78, 5) is 13.0. The van der Waals surface area contributed by atoms with Crippen LogP contribution in [0.25, 0.3) is 0 Å². The summed E-state index contributed by atoms with van der Waals surface area (Å²) in [6.07, 6.45) is 2.64. The first kappa shape index (κ1) is 14.7. The van der Waals surface area contributed by atoms with Gasteiger partial charge in [0.15, 0.2) is 0 Å². The number of methoxy groups -OCH3 is 1. The maximum atomic E-state index is 11.0. The zero-order valence-electron chi connectivity index (χ0n) is 11.5. The molecule has 2 rings (SSSR count). The summed E-state index contributed by atoms with van der Waals surface area (Å²) in [5, 5.41) is 9.03. The van der Waals surface area contributed by atoms with Crippen molar-refractivity contribution in [1.82, 2.24) is 4.90 Å². The van der Waals surface area contributed by atoms with E-state index in [9.17, 15) is 4.79 Å². The van der Waals surface area contributed by atoms with Crippen molar-refractivity contribution in [3.8, 4) is 0 Å². The second-order valence-corrected chi connectivity index (χ2v) is 5.34. The van der Waals surface area contributed by atoms with Gasteiger partial charge in [-0.05, 0) is 12.8 Å². The summed E-state index contributed by atoms with van der Waals surface area (Å²) in [6, 6.07) is 0.238. The van der Waals surface area contributed by atoms with Gasteiger partial charge in [0.25, 0.3) is 0 Å². The quantitative estimate of drug-likeness (QED) is 0.753. The molecule has 2 aliphatic heterocycles. The Morgan fingerprint density at radius 1 is 1.53 bits per heavy atom. The molecule has 1 N–H and O–H groups in total. The van der Waals surface area contributed by atoms with Crippen molar-refractivity contribution in [2.75, 3.05) is 46.6 Å². The second kappa shape index (κ2) is 6.65. The molecule has 2 heterocycles. The SMILES string of the molecule is COCCN(CC(=O)O)C1CCOC2(CCOC2)C1. The normalized spacial score (nSPS) is 31.2. The lowest BCUT2D eigenvalue weighted by molar-refractivity contribution is -0.142. The van der Waals surface area contributed by atoms with Crippen molar-refractivity contribution in [1.29, 1.82) is 0 Å². The van der Waals surface area contributed by atoms with Crippen molar-refractivity contribution >= 4 is 5.97 Å². The summed E-state index contributed by atoms with van der Waals surface area (Å²) in [5.41, 5.74) is -0.188. The molecule has 0 aromatic carbocycles. The number of aliphatic carboxylic acids is 1. The molecule has 0 aliphatic carbocycles. The Kier molecular flexibility index (Phi) is 5.15. The van der Waals surface area contributed by atoms with Gasteiger partial charge in [-0.15, -0.1) is 0 Å². The van der Waals surface area contributed by atoms with Gasteiger partial charge in [-0.1, -0.05) is 0 Å². The van der Waals surface area contributed by atoms with Gasteiger partial charge in [0, 0.05) is 39.3 Å². The third-order valence-electron chi connectivity index (χ3n) is 3.97. The minimum atomic E-state index is -0.792. The van der Waals surface area contributed by atoms with Crippen molar-refractivity contribution in [2.45, 2.75) is 30.9 Å². The van der Waals surface area contributed by atoms with Crippen LogP contribution in [-0.4, -0.2) is 74.2 Å². The lowest BCUT2D eigenvalue weighted by atomic mass is 9.89. The zero-order valence-corrected chi connectivity index (χ0v) is 11.5. The molecular weight excluding hydrogens is 250 g/mol. The topological polar surface area (TPSA) is 68.2 Å². The Labute approximate surface area is 113 Å². The monoisotopic (exact) mass is 273 g/mol. The number of ether oxygens (including phenoxy) is 3. The Hall–Kier alpha value is -0.690. The van der Waals surface area contributed by atoms with Gasteiger partial charge in [0.05, 0.1) is 25.4 Å². The van der Waals surface area contributed by atoms with Crippen LogP contribution in [0.1, 0.15) is 19.3 Å². The van der Waals surface area contributed by atoms with Crippen LogP contribution in [0.4, 0.5) is 0 Å². The first-order chi connectivity index (χ1) is 9.15. The maximum absolute atomic E-state index is 11.0. The predicted octanol–water partition coefficient (Wildman–Crippen LogP) is 0.358. The molecule has 0 aromatic heterocycles. The number of hydrogen-bond donors (Lipinski definition) is 1. The van der Waals surface area contributed by atoms with E-state index in [2.05, 4.69) is 0 Å². The Morgan fingerprint density at radius 2 is 2.37 bits per heavy atom. The Bertz CT molecular complexity index is 303. The van der Waals surface area contributed by atoms with Crippen molar-refractivity contribution in [2.24, 2.45) is 0 Å². The summed E-state index contributed by atoms with van der Waals surface area (Å²) in [6.45, 7) is 3.30. The minimum absolute atomic E-state index is 0.0605. The molecule has 2 atom stereocenters. The number of carboxylic acids is 1. The molecule has 2 saturated heterocycles. The summed E-state index contributed by atoms with van der Waals surface area (Å²) in [5.74, 6) is -0.792. The van der Waals surface area contributed by atoms with Gasteiger partial charge in [-0.3, -0.25) is 9.69 Å². The van der Waals surface area contributed by atoms with E-state index in [0.717, 1.165) is 25.9 Å². The minimum Gasteiger partial charge on any atom is -0.480 e. The van der Waals surface area contributed by atoms with Crippen molar-refractivity contribution in [3.05, 3.63) is 0 Å². The zero-order chi connectivity index (χ0) is 13.7.